The summed E-state index contributed by atoms with van der Waals surface area (Å²) in [6.07, 6.45) is 18.2. The smallest absolute Gasteiger partial charge is 0.00672 e. The lowest BCUT2D eigenvalue weighted by atomic mass is 9.66. The summed E-state index contributed by atoms with van der Waals surface area (Å²) in [4.78, 5) is 2.59. The van der Waals surface area contributed by atoms with Crippen molar-refractivity contribution in [2.45, 2.75) is 117 Å². The molecule has 4 saturated carbocycles. The van der Waals surface area contributed by atoms with Crippen LogP contribution in [0.15, 0.2) is 0 Å². The SMILES string of the molecule is CC1(C)C2CCC(C2)C1CCC(CCC1C2CCC(C2)C1(C)C)NCCCN(CCCN)CCCN.Cl. The fraction of sp³-hybridized carbons (Fsp3) is 1.00. The van der Waals surface area contributed by atoms with E-state index < -0.39 is 0 Å². The Balaban J connectivity index is 0.00000380. The minimum Gasteiger partial charge on any atom is -0.330 e. The zero-order valence-corrected chi connectivity index (χ0v) is 25.8. The largest absolute Gasteiger partial charge is 0.330 e. The zero-order chi connectivity index (χ0) is 25.8. The van der Waals surface area contributed by atoms with E-state index in [1.54, 1.807) is 0 Å². The monoisotopic (exact) mass is 538 g/mol. The summed E-state index contributed by atoms with van der Waals surface area (Å²) in [6, 6.07) is 0.705. The van der Waals surface area contributed by atoms with E-state index in [-0.39, 0.29) is 12.4 Å². The van der Waals surface area contributed by atoms with E-state index in [4.69, 9.17) is 11.5 Å². The van der Waals surface area contributed by atoms with Crippen LogP contribution in [0.1, 0.15) is 111 Å². The fourth-order valence-electron chi connectivity index (χ4n) is 9.84. The topological polar surface area (TPSA) is 67.3 Å². The number of hydrogen-bond donors (Lipinski definition) is 3. The Labute approximate surface area is 236 Å². The van der Waals surface area contributed by atoms with Crippen molar-refractivity contribution in [1.82, 2.24) is 10.2 Å². The van der Waals surface area contributed by atoms with Gasteiger partial charge in [-0.1, -0.05) is 27.7 Å². The summed E-state index contributed by atoms with van der Waals surface area (Å²) in [5.74, 6) is 5.97. The predicted octanol–water partition coefficient (Wildman–Crippen LogP) is 6.46. The van der Waals surface area contributed by atoms with E-state index in [0.29, 0.717) is 16.9 Å². The van der Waals surface area contributed by atoms with E-state index >= 15 is 0 Å². The van der Waals surface area contributed by atoms with Crippen molar-refractivity contribution in [3.63, 3.8) is 0 Å². The molecule has 0 spiro atoms. The van der Waals surface area contributed by atoms with Gasteiger partial charge in [0, 0.05) is 6.04 Å². The molecule has 4 aliphatic rings. The molecule has 4 bridgehead atoms. The van der Waals surface area contributed by atoms with Gasteiger partial charge in [0.1, 0.15) is 0 Å². The van der Waals surface area contributed by atoms with Gasteiger partial charge in [-0.15, -0.1) is 12.4 Å². The van der Waals surface area contributed by atoms with Crippen LogP contribution in [0, 0.1) is 46.3 Å². The summed E-state index contributed by atoms with van der Waals surface area (Å²) in [7, 11) is 0. The summed E-state index contributed by atoms with van der Waals surface area (Å²) < 4.78 is 0. The minimum atomic E-state index is 0. The highest BCUT2D eigenvalue weighted by Crippen LogP contribution is 2.62. The highest BCUT2D eigenvalue weighted by atomic mass is 35.5. The molecule has 0 amide bonds. The summed E-state index contributed by atoms with van der Waals surface area (Å²) >= 11 is 0. The molecule has 6 atom stereocenters. The normalized spacial score (nSPS) is 33.8. The average Bonchev–Trinajstić information content (AvgIpc) is 3.60. The second kappa shape index (κ2) is 14.2. The second-order valence-corrected chi connectivity index (χ2v) is 14.7. The molecule has 37 heavy (non-hydrogen) atoms. The van der Waals surface area contributed by atoms with Crippen LogP contribution in [0.5, 0.6) is 0 Å². The molecule has 0 aliphatic heterocycles. The van der Waals surface area contributed by atoms with Gasteiger partial charge in [0.2, 0.25) is 0 Å². The van der Waals surface area contributed by atoms with Gasteiger partial charge in [-0.25, -0.2) is 0 Å². The summed E-state index contributed by atoms with van der Waals surface area (Å²) in [5.41, 5.74) is 12.7. The standard InChI is InChI=1S/C32H62N4.ClH/c1-31(2)26-10-8-24(22-26)29(31)14-12-28(13-15-30-25-9-11-27(23-25)32(30,3)4)35-18-7-21-36(19-5-16-33)20-6-17-34;/h24-30,35H,5-23,33-34H2,1-4H3;1H. The highest BCUT2D eigenvalue weighted by molar-refractivity contribution is 5.85. The molecule has 0 heterocycles. The first-order valence-electron chi connectivity index (χ1n) is 16.1. The zero-order valence-electron chi connectivity index (χ0n) is 25.0. The predicted molar refractivity (Wildman–Crippen MR) is 162 cm³/mol. The summed E-state index contributed by atoms with van der Waals surface area (Å²) in [6.45, 7) is 16.6. The molecule has 0 saturated heterocycles. The average molecular weight is 539 g/mol. The quantitative estimate of drug-likeness (QED) is 0.186. The molecule has 218 valence electrons. The number of nitrogens with two attached hydrogens (primary N) is 2. The molecule has 0 aromatic carbocycles. The van der Waals surface area contributed by atoms with Gasteiger partial charge in [-0.05, 0) is 169 Å². The van der Waals surface area contributed by atoms with E-state index in [0.717, 1.165) is 81.1 Å². The molecule has 5 heteroatoms. The third-order valence-electron chi connectivity index (χ3n) is 12.2. The first-order valence-corrected chi connectivity index (χ1v) is 16.1. The van der Waals surface area contributed by atoms with E-state index in [9.17, 15) is 0 Å². The first kappa shape index (κ1) is 31.7. The van der Waals surface area contributed by atoms with E-state index in [1.807, 2.05) is 0 Å². The maximum absolute atomic E-state index is 5.79. The Bertz CT molecular complexity index is 617. The van der Waals surface area contributed by atoms with Gasteiger partial charge < -0.3 is 21.7 Å². The Kier molecular flexibility index (Phi) is 12.1. The molecular formula is C32H63ClN4. The third kappa shape index (κ3) is 7.46. The van der Waals surface area contributed by atoms with Crippen molar-refractivity contribution >= 4 is 12.4 Å². The Morgan fingerprint density at radius 1 is 0.730 bits per heavy atom. The summed E-state index contributed by atoms with van der Waals surface area (Å²) in [5, 5.41) is 4.10. The maximum Gasteiger partial charge on any atom is 0.00672 e. The van der Waals surface area contributed by atoms with Crippen LogP contribution >= 0.6 is 12.4 Å². The van der Waals surface area contributed by atoms with Gasteiger partial charge in [0.25, 0.3) is 0 Å². The molecule has 4 aliphatic carbocycles. The molecule has 6 unspecified atom stereocenters. The molecule has 0 aromatic heterocycles. The number of fused-ring (bicyclic) bond motifs is 4. The van der Waals surface area contributed by atoms with E-state index in [1.165, 1.54) is 77.2 Å². The van der Waals surface area contributed by atoms with Crippen LogP contribution in [-0.2, 0) is 0 Å². The van der Waals surface area contributed by atoms with Crippen LogP contribution in [-0.4, -0.2) is 50.2 Å². The number of hydrogen-bond acceptors (Lipinski definition) is 4. The van der Waals surface area contributed by atoms with Gasteiger partial charge in [0.15, 0.2) is 0 Å². The molecule has 4 nitrogen and oxygen atoms in total. The molecule has 0 aromatic rings. The Morgan fingerprint density at radius 2 is 1.19 bits per heavy atom. The van der Waals surface area contributed by atoms with E-state index in [2.05, 4.69) is 37.9 Å². The van der Waals surface area contributed by atoms with Crippen LogP contribution in [0.4, 0.5) is 0 Å². The number of nitrogens with zero attached hydrogens (tertiary/aromatic N) is 1. The fourth-order valence-corrected chi connectivity index (χ4v) is 9.84. The Morgan fingerprint density at radius 3 is 1.59 bits per heavy atom. The number of nitrogens with one attached hydrogen (secondary N) is 1. The molecule has 0 radical (unpaired) electrons. The lowest BCUT2D eigenvalue weighted by Gasteiger charge is -2.40. The minimum absolute atomic E-state index is 0. The molecular weight excluding hydrogens is 476 g/mol. The van der Waals surface area contributed by atoms with Crippen LogP contribution in [0.25, 0.3) is 0 Å². The van der Waals surface area contributed by atoms with Crippen molar-refractivity contribution in [2.75, 3.05) is 39.3 Å². The maximum atomic E-state index is 5.79. The highest BCUT2D eigenvalue weighted by Gasteiger charge is 2.53. The number of rotatable bonds is 17. The lowest BCUT2D eigenvalue weighted by Crippen LogP contribution is -2.37. The van der Waals surface area contributed by atoms with Crippen molar-refractivity contribution in [2.24, 2.45) is 57.8 Å². The second-order valence-electron chi connectivity index (χ2n) is 14.7. The van der Waals surface area contributed by atoms with Crippen molar-refractivity contribution in [1.29, 1.82) is 0 Å². The van der Waals surface area contributed by atoms with Gasteiger partial charge in [0.05, 0.1) is 0 Å². The molecule has 4 rings (SSSR count). The van der Waals surface area contributed by atoms with Crippen LogP contribution < -0.4 is 16.8 Å². The van der Waals surface area contributed by atoms with Crippen molar-refractivity contribution in [3.05, 3.63) is 0 Å². The van der Waals surface area contributed by atoms with Gasteiger partial charge >= 0.3 is 0 Å². The molecule has 4 fully saturated rings. The van der Waals surface area contributed by atoms with Crippen LogP contribution in [0.2, 0.25) is 0 Å². The van der Waals surface area contributed by atoms with Gasteiger partial charge in [-0.3, -0.25) is 0 Å². The lowest BCUT2D eigenvalue weighted by molar-refractivity contribution is 0.0995. The Hall–Kier alpha value is 0.130. The van der Waals surface area contributed by atoms with Crippen LogP contribution in [0.3, 0.4) is 0 Å². The van der Waals surface area contributed by atoms with Crippen molar-refractivity contribution < 1.29 is 0 Å². The first-order chi connectivity index (χ1) is 17.3. The van der Waals surface area contributed by atoms with Gasteiger partial charge in [-0.2, -0.15) is 0 Å². The third-order valence-corrected chi connectivity index (χ3v) is 12.2. The number of halogens is 1. The van der Waals surface area contributed by atoms with Crippen molar-refractivity contribution in [3.8, 4) is 0 Å². The molecule has 5 N–H and O–H groups in total.